The van der Waals surface area contributed by atoms with Gasteiger partial charge in [0.25, 0.3) is 0 Å². The van der Waals surface area contributed by atoms with Crippen LogP contribution in [0.1, 0.15) is 296 Å². The zero-order valence-corrected chi connectivity index (χ0v) is 47.9. The summed E-state index contributed by atoms with van der Waals surface area (Å²) in [5, 5.41) is 0. The summed E-state index contributed by atoms with van der Waals surface area (Å²) in [7, 11) is 1.49. The predicted octanol–water partition coefficient (Wildman–Crippen LogP) is 18.6. The zero-order chi connectivity index (χ0) is 51.3. The number of carbonyl (C=O) groups is 2. The summed E-state index contributed by atoms with van der Waals surface area (Å²) >= 11 is 0. The normalized spacial score (nSPS) is 13.4. The molecule has 0 spiro atoms. The SMILES string of the molecule is CCCCCC/C=C\CCCCCCCC(=O)OCC(COP(=O)(O)OCC[N+](C)(C)C)OC(=O)CCCCCCCCCCCCCCCCCCCCCCC/C=C\CCCCCCCCCC. The Morgan fingerprint density at radius 3 is 1.07 bits per heavy atom. The molecule has 0 aromatic carbocycles. The third-order valence-electron chi connectivity index (χ3n) is 13.5. The molecule has 0 aliphatic rings. The maximum absolute atomic E-state index is 12.8. The van der Waals surface area contributed by atoms with Crippen molar-refractivity contribution in [2.75, 3.05) is 47.5 Å². The highest BCUT2D eigenvalue weighted by Gasteiger charge is 2.27. The number of hydrogen-bond donors (Lipinski definition) is 1. The van der Waals surface area contributed by atoms with E-state index in [0.29, 0.717) is 17.4 Å². The average molecular weight is 1010 g/mol. The van der Waals surface area contributed by atoms with Crippen molar-refractivity contribution in [1.82, 2.24) is 0 Å². The van der Waals surface area contributed by atoms with Crippen molar-refractivity contribution in [3.63, 3.8) is 0 Å². The first-order chi connectivity index (χ1) is 34.0. The summed E-state index contributed by atoms with van der Waals surface area (Å²) in [5.41, 5.74) is 0. The third-order valence-corrected chi connectivity index (χ3v) is 14.4. The van der Waals surface area contributed by atoms with E-state index >= 15 is 0 Å². The lowest BCUT2D eigenvalue weighted by Gasteiger charge is -2.24. The standard InChI is InChI=1S/C60H116NO8P/c1-6-8-10-12-14-16-18-20-21-22-23-24-25-26-27-28-29-30-31-32-33-34-35-36-37-38-39-41-43-45-47-49-51-53-60(63)69-58(57-68-70(64,65)67-55-54-61(3,4)5)56-66-59(62)52-50-48-46-44-42-40-19-17-15-13-11-9-7-2/h17,19,22-23,58H,6-16,18,20-21,24-57H2,1-5H3/p+1/b19-17-,23-22-. The summed E-state index contributed by atoms with van der Waals surface area (Å²) in [5.74, 6) is -0.794. The molecule has 0 radical (unpaired) electrons. The maximum atomic E-state index is 12.8. The van der Waals surface area contributed by atoms with E-state index in [1.54, 1.807) is 0 Å². The van der Waals surface area contributed by atoms with Crippen LogP contribution in [0.25, 0.3) is 0 Å². The summed E-state index contributed by atoms with van der Waals surface area (Å²) in [6.45, 7) is 4.45. The number of unbranched alkanes of at least 4 members (excludes halogenated alkanes) is 38. The zero-order valence-electron chi connectivity index (χ0n) is 47.0. The number of hydrogen-bond acceptors (Lipinski definition) is 7. The topological polar surface area (TPSA) is 108 Å². The van der Waals surface area contributed by atoms with Crippen molar-refractivity contribution in [3.05, 3.63) is 24.3 Å². The number of esters is 2. The molecule has 0 heterocycles. The van der Waals surface area contributed by atoms with Crippen molar-refractivity contribution in [2.45, 2.75) is 302 Å². The van der Waals surface area contributed by atoms with Gasteiger partial charge in [0.1, 0.15) is 19.8 Å². The van der Waals surface area contributed by atoms with Crippen LogP contribution in [0, 0.1) is 0 Å². The van der Waals surface area contributed by atoms with Crippen LogP contribution in [0.3, 0.4) is 0 Å². The average Bonchev–Trinajstić information content (AvgIpc) is 3.32. The Kier molecular flexibility index (Phi) is 51.2. The monoisotopic (exact) mass is 1010 g/mol. The van der Waals surface area contributed by atoms with Crippen molar-refractivity contribution < 1.29 is 42.1 Å². The maximum Gasteiger partial charge on any atom is 0.472 e. The van der Waals surface area contributed by atoms with Gasteiger partial charge in [0.15, 0.2) is 6.10 Å². The summed E-state index contributed by atoms with van der Waals surface area (Å²) in [4.78, 5) is 35.6. The van der Waals surface area contributed by atoms with E-state index in [1.165, 1.54) is 212 Å². The fraction of sp³-hybridized carbons (Fsp3) is 0.900. The number of likely N-dealkylation sites (N-methyl/N-ethyl adjacent to an activating group) is 1. The smallest absolute Gasteiger partial charge is 0.462 e. The summed E-state index contributed by atoms with van der Waals surface area (Å²) in [6.07, 6.45) is 62.7. The minimum atomic E-state index is -4.38. The van der Waals surface area contributed by atoms with Gasteiger partial charge in [-0.05, 0) is 64.2 Å². The molecular weight excluding hydrogens is 894 g/mol. The highest BCUT2D eigenvalue weighted by molar-refractivity contribution is 7.47. The molecule has 0 rings (SSSR count). The molecule has 0 aliphatic carbocycles. The molecule has 2 atom stereocenters. The molecule has 0 amide bonds. The number of quaternary nitrogens is 1. The minimum absolute atomic E-state index is 0.0331. The first-order valence-electron chi connectivity index (χ1n) is 30.1. The second-order valence-corrected chi connectivity index (χ2v) is 23.2. The molecule has 0 aromatic heterocycles. The van der Waals surface area contributed by atoms with Crippen LogP contribution < -0.4 is 0 Å². The quantitative estimate of drug-likeness (QED) is 0.0211. The molecular formula is C60H117NO8P+. The van der Waals surface area contributed by atoms with Crippen LogP contribution in [-0.4, -0.2) is 74.9 Å². The molecule has 0 saturated heterocycles. The number of phosphoric ester groups is 1. The summed E-state index contributed by atoms with van der Waals surface area (Å²) in [6, 6.07) is 0. The number of ether oxygens (including phenoxy) is 2. The summed E-state index contributed by atoms with van der Waals surface area (Å²) < 4.78 is 34.5. The van der Waals surface area contributed by atoms with E-state index in [2.05, 4.69) is 38.2 Å². The van der Waals surface area contributed by atoms with Gasteiger partial charge in [0.2, 0.25) is 0 Å². The van der Waals surface area contributed by atoms with E-state index in [4.69, 9.17) is 18.5 Å². The lowest BCUT2D eigenvalue weighted by Crippen LogP contribution is -2.37. The van der Waals surface area contributed by atoms with Crippen LogP contribution in [0.15, 0.2) is 24.3 Å². The third kappa shape index (κ3) is 55.8. The molecule has 2 unspecified atom stereocenters. The van der Waals surface area contributed by atoms with Gasteiger partial charge in [-0.15, -0.1) is 0 Å². The van der Waals surface area contributed by atoms with Crippen LogP contribution in [0.5, 0.6) is 0 Å². The first kappa shape index (κ1) is 68.5. The number of phosphoric acid groups is 1. The second kappa shape index (κ2) is 52.4. The van der Waals surface area contributed by atoms with Gasteiger partial charge in [-0.1, -0.05) is 244 Å². The highest BCUT2D eigenvalue weighted by atomic mass is 31.2. The van der Waals surface area contributed by atoms with Gasteiger partial charge in [-0.25, -0.2) is 4.57 Å². The second-order valence-electron chi connectivity index (χ2n) is 21.7. The number of nitrogens with zero attached hydrogens (tertiary/aromatic N) is 1. The highest BCUT2D eigenvalue weighted by Crippen LogP contribution is 2.43. The molecule has 1 N–H and O–H groups in total. The van der Waals surface area contributed by atoms with Gasteiger partial charge in [0.05, 0.1) is 27.7 Å². The Balaban J connectivity index is 3.96. The molecule has 0 fully saturated rings. The van der Waals surface area contributed by atoms with E-state index in [0.717, 1.165) is 51.4 Å². The van der Waals surface area contributed by atoms with E-state index in [-0.39, 0.29) is 32.0 Å². The molecule has 0 aliphatic heterocycles. The van der Waals surface area contributed by atoms with Crippen LogP contribution in [0.4, 0.5) is 0 Å². The molecule has 70 heavy (non-hydrogen) atoms. The lowest BCUT2D eigenvalue weighted by atomic mass is 10.0. The fourth-order valence-electron chi connectivity index (χ4n) is 8.77. The fourth-order valence-corrected chi connectivity index (χ4v) is 9.51. The Morgan fingerprint density at radius 1 is 0.429 bits per heavy atom. The van der Waals surface area contributed by atoms with Gasteiger partial charge >= 0.3 is 19.8 Å². The van der Waals surface area contributed by atoms with E-state index < -0.39 is 26.5 Å². The van der Waals surface area contributed by atoms with E-state index in [1.807, 2.05) is 21.1 Å². The largest absolute Gasteiger partial charge is 0.472 e. The molecule has 9 nitrogen and oxygen atoms in total. The minimum Gasteiger partial charge on any atom is -0.462 e. The van der Waals surface area contributed by atoms with Crippen LogP contribution >= 0.6 is 7.82 Å². The molecule has 0 saturated carbocycles. The van der Waals surface area contributed by atoms with Crippen molar-refractivity contribution in [3.8, 4) is 0 Å². The van der Waals surface area contributed by atoms with Gasteiger partial charge in [-0.3, -0.25) is 18.6 Å². The van der Waals surface area contributed by atoms with Crippen molar-refractivity contribution in [2.24, 2.45) is 0 Å². The van der Waals surface area contributed by atoms with Gasteiger partial charge in [0, 0.05) is 12.8 Å². The number of rotatable bonds is 56. The molecule has 0 bridgehead atoms. The first-order valence-corrected chi connectivity index (χ1v) is 31.6. The van der Waals surface area contributed by atoms with Crippen molar-refractivity contribution in [1.29, 1.82) is 0 Å². The van der Waals surface area contributed by atoms with Crippen LogP contribution in [0.2, 0.25) is 0 Å². The van der Waals surface area contributed by atoms with E-state index in [9.17, 15) is 19.0 Å². The van der Waals surface area contributed by atoms with Crippen LogP contribution in [-0.2, 0) is 32.7 Å². The lowest BCUT2D eigenvalue weighted by molar-refractivity contribution is -0.870. The number of allylic oxidation sites excluding steroid dienone is 4. The molecule has 0 aromatic rings. The van der Waals surface area contributed by atoms with Crippen molar-refractivity contribution >= 4 is 19.8 Å². The van der Waals surface area contributed by atoms with Gasteiger partial charge < -0.3 is 18.9 Å². The van der Waals surface area contributed by atoms with Gasteiger partial charge in [-0.2, -0.15) is 0 Å². The molecule has 10 heteroatoms. The molecule has 414 valence electrons. The Morgan fingerprint density at radius 2 is 0.729 bits per heavy atom. The Hall–Kier alpha value is -1.51. The Bertz CT molecular complexity index is 1240. The Labute approximate surface area is 434 Å². The predicted molar refractivity (Wildman–Crippen MR) is 298 cm³/mol. The number of carbonyl (C=O) groups excluding carboxylic acids is 2.